The number of carbonyl (C=O) groups excluding carboxylic acids is 1. The molecule has 0 radical (unpaired) electrons. The van der Waals surface area contributed by atoms with Gasteiger partial charge >= 0.3 is 0 Å². The second-order valence-corrected chi connectivity index (χ2v) is 7.86. The SMILES string of the molecule is O=C(c1ccccc1F)N1CCCC(c2nnc(Cc3ccccc3)s2)C1. The number of halogens is 1. The normalized spacial score (nSPS) is 17.1. The van der Waals surface area contributed by atoms with Gasteiger partial charge in [0, 0.05) is 25.4 Å². The Morgan fingerprint density at radius 1 is 1.11 bits per heavy atom. The Hall–Kier alpha value is -2.60. The van der Waals surface area contributed by atoms with Crippen LogP contribution in [0.15, 0.2) is 54.6 Å². The van der Waals surface area contributed by atoms with Gasteiger partial charge in [0.2, 0.25) is 0 Å². The highest BCUT2D eigenvalue weighted by Crippen LogP contribution is 2.30. The number of hydrogen-bond acceptors (Lipinski definition) is 4. The lowest BCUT2D eigenvalue weighted by atomic mass is 9.98. The molecule has 1 unspecified atom stereocenters. The summed E-state index contributed by atoms with van der Waals surface area (Å²) in [6, 6.07) is 16.4. The van der Waals surface area contributed by atoms with Crippen molar-refractivity contribution >= 4 is 17.2 Å². The summed E-state index contributed by atoms with van der Waals surface area (Å²) in [4.78, 5) is 14.4. The summed E-state index contributed by atoms with van der Waals surface area (Å²) in [5.74, 6) is -0.547. The molecule has 1 saturated heterocycles. The van der Waals surface area contributed by atoms with Gasteiger partial charge in [-0.3, -0.25) is 4.79 Å². The molecule has 0 spiro atoms. The minimum Gasteiger partial charge on any atom is -0.338 e. The molecule has 1 aliphatic heterocycles. The van der Waals surface area contributed by atoms with Gasteiger partial charge in [0.15, 0.2) is 0 Å². The zero-order valence-electron chi connectivity index (χ0n) is 14.8. The fourth-order valence-corrected chi connectivity index (χ4v) is 4.44. The summed E-state index contributed by atoms with van der Waals surface area (Å²) < 4.78 is 14.0. The minimum atomic E-state index is -0.467. The Kier molecular flexibility index (Phi) is 5.25. The Balaban J connectivity index is 1.46. The molecule has 0 aliphatic carbocycles. The van der Waals surface area contributed by atoms with E-state index >= 15 is 0 Å². The molecule has 1 amide bonds. The summed E-state index contributed by atoms with van der Waals surface area (Å²) >= 11 is 1.61. The second-order valence-electron chi connectivity index (χ2n) is 6.77. The summed E-state index contributed by atoms with van der Waals surface area (Å²) in [6.07, 6.45) is 2.63. The van der Waals surface area contributed by atoms with Crippen molar-refractivity contribution in [3.05, 3.63) is 81.6 Å². The average Bonchev–Trinajstić information content (AvgIpc) is 3.17. The summed E-state index contributed by atoms with van der Waals surface area (Å²) in [6.45, 7) is 1.21. The molecule has 27 heavy (non-hydrogen) atoms. The maximum absolute atomic E-state index is 14.0. The predicted molar refractivity (Wildman–Crippen MR) is 103 cm³/mol. The van der Waals surface area contributed by atoms with E-state index in [2.05, 4.69) is 22.3 Å². The van der Waals surface area contributed by atoms with Gasteiger partial charge in [-0.05, 0) is 30.5 Å². The van der Waals surface area contributed by atoms with Gasteiger partial charge < -0.3 is 4.90 Å². The maximum atomic E-state index is 14.0. The number of aromatic nitrogens is 2. The summed E-state index contributed by atoms with van der Waals surface area (Å²) in [5, 5.41) is 10.7. The topological polar surface area (TPSA) is 46.1 Å². The summed E-state index contributed by atoms with van der Waals surface area (Å²) in [7, 11) is 0. The van der Waals surface area contributed by atoms with Crippen molar-refractivity contribution in [2.75, 3.05) is 13.1 Å². The van der Waals surface area contributed by atoms with Gasteiger partial charge in [0.25, 0.3) is 5.91 Å². The number of piperidine rings is 1. The zero-order chi connectivity index (χ0) is 18.6. The fourth-order valence-electron chi connectivity index (χ4n) is 3.44. The van der Waals surface area contributed by atoms with Crippen LogP contribution in [0.1, 0.15) is 44.7 Å². The first-order valence-electron chi connectivity index (χ1n) is 9.10. The number of benzene rings is 2. The molecule has 1 aliphatic rings. The van der Waals surface area contributed by atoms with E-state index in [1.165, 1.54) is 11.6 Å². The molecular formula is C21H20FN3OS. The fraction of sp³-hybridized carbons (Fsp3) is 0.286. The quantitative estimate of drug-likeness (QED) is 0.677. The molecular weight excluding hydrogens is 361 g/mol. The molecule has 4 nitrogen and oxygen atoms in total. The molecule has 2 aromatic carbocycles. The average molecular weight is 381 g/mol. The van der Waals surface area contributed by atoms with Gasteiger partial charge in [0.1, 0.15) is 15.8 Å². The monoisotopic (exact) mass is 381 g/mol. The van der Waals surface area contributed by atoms with E-state index in [4.69, 9.17) is 0 Å². The lowest BCUT2D eigenvalue weighted by Gasteiger charge is -2.31. The molecule has 0 saturated carbocycles. The molecule has 0 bridgehead atoms. The molecule has 2 heterocycles. The van der Waals surface area contributed by atoms with Gasteiger partial charge in [0.05, 0.1) is 5.56 Å². The summed E-state index contributed by atoms with van der Waals surface area (Å²) in [5.41, 5.74) is 1.35. The van der Waals surface area contributed by atoms with Crippen LogP contribution in [0.3, 0.4) is 0 Å². The van der Waals surface area contributed by atoms with E-state index in [-0.39, 0.29) is 17.4 Å². The minimum absolute atomic E-state index is 0.139. The van der Waals surface area contributed by atoms with Crippen LogP contribution < -0.4 is 0 Å². The Labute approximate surface area is 161 Å². The molecule has 0 N–H and O–H groups in total. The highest BCUT2D eigenvalue weighted by molar-refractivity contribution is 7.11. The molecule has 3 aromatic rings. The lowest BCUT2D eigenvalue weighted by molar-refractivity contribution is 0.0702. The van der Waals surface area contributed by atoms with Crippen LogP contribution in [0.25, 0.3) is 0 Å². The van der Waals surface area contributed by atoms with Crippen LogP contribution in [0.5, 0.6) is 0 Å². The maximum Gasteiger partial charge on any atom is 0.256 e. The first-order chi connectivity index (χ1) is 13.2. The smallest absolute Gasteiger partial charge is 0.256 e. The third-order valence-corrected chi connectivity index (χ3v) is 5.93. The Bertz CT molecular complexity index is 928. The van der Waals surface area contributed by atoms with E-state index in [0.29, 0.717) is 13.1 Å². The third kappa shape index (κ3) is 4.06. The van der Waals surface area contributed by atoms with E-state index < -0.39 is 5.82 Å². The largest absolute Gasteiger partial charge is 0.338 e. The van der Waals surface area contributed by atoms with Crippen molar-refractivity contribution in [1.29, 1.82) is 0 Å². The van der Waals surface area contributed by atoms with Crippen molar-refractivity contribution in [2.45, 2.75) is 25.2 Å². The first kappa shape index (κ1) is 17.8. The van der Waals surface area contributed by atoms with Crippen LogP contribution in [-0.4, -0.2) is 34.1 Å². The first-order valence-corrected chi connectivity index (χ1v) is 9.92. The third-order valence-electron chi connectivity index (χ3n) is 4.84. The molecule has 4 rings (SSSR count). The number of likely N-dealkylation sites (tertiary alicyclic amines) is 1. The van der Waals surface area contributed by atoms with Crippen LogP contribution in [0.4, 0.5) is 4.39 Å². The van der Waals surface area contributed by atoms with E-state index in [0.717, 1.165) is 29.3 Å². The van der Waals surface area contributed by atoms with Gasteiger partial charge in [-0.1, -0.05) is 42.5 Å². The van der Waals surface area contributed by atoms with Crippen LogP contribution in [0, 0.1) is 5.82 Å². The van der Waals surface area contributed by atoms with Gasteiger partial charge in [-0.2, -0.15) is 0 Å². The van der Waals surface area contributed by atoms with E-state index in [9.17, 15) is 9.18 Å². The highest BCUT2D eigenvalue weighted by atomic mass is 32.1. The molecule has 1 aromatic heterocycles. The van der Waals surface area contributed by atoms with E-state index in [1.54, 1.807) is 34.4 Å². The van der Waals surface area contributed by atoms with Crippen LogP contribution in [-0.2, 0) is 6.42 Å². The standard InChI is InChI=1S/C21H20FN3OS/c22-18-11-5-4-10-17(18)21(26)25-12-6-9-16(14-25)20-24-23-19(27-20)13-15-7-2-1-3-8-15/h1-5,7-8,10-11,16H,6,9,12-14H2. The van der Waals surface area contributed by atoms with Crippen molar-refractivity contribution in [1.82, 2.24) is 15.1 Å². The molecule has 1 fully saturated rings. The van der Waals surface area contributed by atoms with Crippen molar-refractivity contribution in [3.63, 3.8) is 0 Å². The lowest BCUT2D eigenvalue weighted by Crippen LogP contribution is -2.39. The van der Waals surface area contributed by atoms with Crippen molar-refractivity contribution in [3.8, 4) is 0 Å². The zero-order valence-corrected chi connectivity index (χ0v) is 15.7. The number of nitrogens with zero attached hydrogens (tertiary/aromatic N) is 3. The number of carbonyl (C=O) groups is 1. The van der Waals surface area contributed by atoms with Gasteiger partial charge in [-0.25, -0.2) is 4.39 Å². The predicted octanol–water partition coefficient (Wildman–Crippen LogP) is 4.29. The Morgan fingerprint density at radius 3 is 2.70 bits per heavy atom. The number of amides is 1. The van der Waals surface area contributed by atoms with Crippen LogP contribution >= 0.6 is 11.3 Å². The molecule has 6 heteroatoms. The number of hydrogen-bond donors (Lipinski definition) is 0. The van der Waals surface area contributed by atoms with Gasteiger partial charge in [-0.15, -0.1) is 21.5 Å². The van der Waals surface area contributed by atoms with Crippen LogP contribution in [0.2, 0.25) is 0 Å². The van der Waals surface area contributed by atoms with Crippen molar-refractivity contribution < 1.29 is 9.18 Å². The highest BCUT2D eigenvalue weighted by Gasteiger charge is 2.28. The second kappa shape index (κ2) is 7.96. The van der Waals surface area contributed by atoms with Crippen molar-refractivity contribution in [2.24, 2.45) is 0 Å². The Morgan fingerprint density at radius 2 is 1.89 bits per heavy atom. The molecule has 138 valence electrons. The molecule has 1 atom stereocenters. The number of rotatable bonds is 4. The van der Waals surface area contributed by atoms with E-state index in [1.807, 2.05) is 18.2 Å².